The number of rotatable bonds is 4. The van der Waals surface area contributed by atoms with E-state index in [4.69, 9.17) is 16.9 Å². The van der Waals surface area contributed by atoms with Crippen LogP contribution in [0.5, 0.6) is 0 Å². The molecule has 0 amide bonds. The summed E-state index contributed by atoms with van der Waals surface area (Å²) in [7, 11) is 0. The highest BCUT2D eigenvalue weighted by Crippen LogP contribution is 2.35. The summed E-state index contributed by atoms with van der Waals surface area (Å²) < 4.78 is 4.95. The number of thiazole rings is 1. The third-order valence-electron chi connectivity index (χ3n) is 3.01. The fraction of sp³-hybridized carbons (Fsp3) is 0.200. The van der Waals surface area contributed by atoms with Crippen molar-refractivity contribution >= 4 is 28.7 Å². The molecule has 2 aromatic rings. The quantitative estimate of drug-likeness (QED) is 0.303. The van der Waals surface area contributed by atoms with Crippen LogP contribution in [-0.4, -0.2) is 22.5 Å². The molecule has 0 bridgehead atoms. The van der Waals surface area contributed by atoms with Gasteiger partial charge < -0.3 is 10.5 Å². The number of anilines is 1. The number of carbonyl (C=O) groups excluding carboxylic acids is 1. The van der Waals surface area contributed by atoms with Crippen LogP contribution in [0.3, 0.4) is 0 Å². The summed E-state index contributed by atoms with van der Waals surface area (Å²) in [5.74, 6) is 1.84. The third-order valence-corrected chi connectivity index (χ3v) is 4.20. The van der Waals surface area contributed by atoms with Crippen molar-refractivity contribution in [3.8, 4) is 22.9 Å². The monoisotopic (exact) mass is 331 g/mol. The van der Waals surface area contributed by atoms with Gasteiger partial charge in [0.05, 0.1) is 22.8 Å². The Hall–Kier alpha value is -2.92. The average molecular weight is 331 g/mol. The Morgan fingerprint density at radius 3 is 2.83 bits per heavy atom. The number of nitrogens with zero attached hydrogens (tertiary/aromatic N) is 2. The smallest absolute Gasteiger partial charge is 0.350 e. The number of nitro groups is 1. The molecule has 0 spiro atoms. The molecule has 0 saturated heterocycles. The van der Waals surface area contributed by atoms with Crippen molar-refractivity contribution in [2.45, 2.75) is 13.8 Å². The number of aryl methyl sites for hydroxylation is 1. The van der Waals surface area contributed by atoms with Crippen LogP contribution in [0.1, 0.15) is 27.9 Å². The number of hydrogen-bond donors (Lipinski definition) is 1. The van der Waals surface area contributed by atoms with Gasteiger partial charge in [0.1, 0.15) is 15.6 Å². The predicted molar refractivity (Wildman–Crippen MR) is 87.2 cm³/mol. The summed E-state index contributed by atoms with van der Waals surface area (Å²) in [5.41, 5.74) is 6.46. The third kappa shape index (κ3) is 3.14. The van der Waals surface area contributed by atoms with Crippen molar-refractivity contribution in [3.05, 3.63) is 38.4 Å². The molecule has 0 aliphatic heterocycles. The Balaban J connectivity index is 2.57. The van der Waals surface area contributed by atoms with Crippen LogP contribution in [0.4, 0.5) is 11.4 Å². The summed E-state index contributed by atoms with van der Waals surface area (Å²) in [5, 5.41) is 11.5. The Kier molecular flexibility index (Phi) is 4.62. The van der Waals surface area contributed by atoms with E-state index in [0.29, 0.717) is 21.1 Å². The molecule has 0 saturated carbocycles. The molecule has 7 nitrogen and oxygen atoms in total. The van der Waals surface area contributed by atoms with Crippen molar-refractivity contribution < 1.29 is 14.5 Å². The van der Waals surface area contributed by atoms with E-state index in [1.54, 1.807) is 13.8 Å². The second kappa shape index (κ2) is 6.46. The zero-order valence-electron chi connectivity index (χ0n) is 12.5. The van der Waals surface area contributed by atoms with Crippen LogP contribution in [-0.2, 0) is 4.74 Å². The fourth-order valence-corrected chi connectivity index (χ4v) is 2.89. The van der Waals surface area contributed by atoms with Gasteiger partial charge in [-0.15, -0.1) is 17.8 Å². The second-order valence-electron chi connectivity index (χ2n) is 4.51. The van der Waals surface area contributed by atoms with E-state index in [9.17, 15) is 14.9 Å². The molecule has 118 valence electrons. The first kappa shape index (κ1) is 16.5. The molecule has 0 fully saturated rings. The van der Waals surface area contributed by atoms with E-state index in [1.807, 2.05) is 0 Å². The lowest BCUT2D eigenvalue weighted by Gasteiger charge is -2.03. The standard InChI is InChI=1S/C15H13N3O4S/c1-4-9-6-10(7-11(12(9)16)18(20)21)14-17-8(3)13(23-14)15(19)22-5-2/h1,6-7H,5,16H2,2-3H3. The van der Waals surface area contributed by atoms with Gasteiger partial charge >= 0.3 is 5.97 Å². The van der Waals surface area contributed by atoms with Gasteiger partial charge in [-0.05, 0) is 19.9 Å². The maximum Gasteiger partial charge on any atom is 0.350 e. The molecule has 0 atom stereocenters. The fourth-order valence-electron chi connectivity index (χ4n) is 1.94. The zero-order chi connectivity index (χ0) is 17.1. The van der Waals surface area contributed by atoms with Gasteiger partial charge in [-0.1, -0.05) is 5.92 Å². The summed E-state index contributed by atoms with van der Waals surface area (Å²) in [6, 6.07) is 2.83. The number of nitrogens with two attached hydrogens (primary N) is 1. The first-order valence-corrected chi connectivity index (χ1v) is 7.40. The maximum absolute atomic E-state index is 11.9. The summed E-state index contributed by atoms with van der Waals surface area (Å²) in [4.78, 5) is 27.0. The number of aromatic nitrogens is 1. The van der Waals surface area contributed by atoms with Crippen LogP contribution in [0.2, 0.25) is 0 Å². The van der Waals surface area contributed by atoms with Gasteiger partial charge in [-0.2, -0.15) is 0 Å². The highest BCUT2D eigenvalue weighted by atomic mass is 32.1. The van der Waals surface area contributed by atoms with E-state index in [1.165, 1.54) is 12.1 Å². The summed E-state index contributed by atoms with van der Waals surface area (Å²) in [6.45, 7) is 3.62. The number of esters is 1. The van der Waals surface area contributed by atoms with Gasteiger partial charge in [0, 0.05) is 11.6 Å². The van der Waals surface area contributed by atoms with Crippen LogP contribution in [0, 0.1) is 29.4 Å². The number of ether oxygens (including phenoxy) is 1. The molecule has 0 aliphatic rings. The lowest BCUT2D eigenvalue weighted by molar-refractivity contribution is -0.383. The van der Waals surface area contributed by atoms with Gasteiger partial charge in [0.15, 0.2) is 0 Å². The lowest BCUT2D eigenvalue weighted by Crippen LogP contribution is -2.03. The number of benzene rings is 1. The maximum atomic E-state index is 11.9. The van der Waals surface area contributed by atoms with Crippen LogP contribution in [0.15, 0.2) is 12.1 Å². The van der Waals surface area contributed by atoms with Crippen LogP contribution in [0.25, 0.3) is 10.6 Å². The van der Waals surface area contributed by atoms with Gasteiger partial charge in [0.25, 0.3) is 5.69 Å². The average Bonchev–Trinajstić information content (AvgIpc) is 2.89. The molecule has 1 heterocycles. The molecule has 2 rings (SSSR count). The molecule has 0 unspecified atom stereocenters. The Bertz CT molecular complexity index is 836. The van der Waals surface area contributed by atoms with Crippen molar-refractivity contribution in [2.75, 3.05) is 12.3 Å². The van der Waals surface area contributed by atoms with E-state index in [2.05, 4.69) is 10.9 Å². The Labute approximate surface area is 136 Å². The van der Waals surface area contributed by atoms with E-state index >= 15 is 0 Å². The van der Waals surface area contributed by atoms with Gasteiger partial charge in [-0.25, -0.2) is 9.78 Å². The van der Waals surface area contributed by atoms with E-state index < -0.39 is 10.9 Å². The lowest BCUT2D eigenvalue weighted by atomic mass is 10.1. The largest absolute Gasteiger partial charge is 0.462 e. The van der Waals surface area contributed by atoms with Gasteiger partial charge in [-0.3, -0.25) is 10.1 Å². The van der Waals surface area contributed by atoms with Crippen molar-refractivity contribution in [3.63, 3.8) is 0 Å². The second-order valence-corrected chi connectivity index (χ2v) is 5.51. The normalized spacial score (nSPS) is 10.1. The van der Waals surface area contributed by atoms with Gasteiger partial charge in [0.2, 0.25) is 0 Å². The van der Waals surface area contributed by atoms with Crippen molar-refractivity contribution in [2.24, 2.45) is 0 Å². The zero-order valence-corrected chi connectivity index (χ0v) is 13.3. The SMILES string of the molecule is C#Cc1cc(-c2nc(C)c(C(=O)OCC)s2)cc([N+](=O)[O-])c1N. The Morgan fingerprint density at radius 2 is 2.26 bits per heavy atom. The molecule has 1 aromatic carbocycles. The van der Waals surface area contributed by atoms with Crippen molar-refractivity contribution in [1.82, 2.24) is 4.98 Å². The number of nitro benzene ring substituents is 1. The molecular weight excluding hydrogens is 318 g/mol. The van der Waals surface area contributed by atoms with Crippen LogP contribution < -0.4 is 5.73 Å². The minimum absolute atomic E-state index is 0.0693. The minimum Gasteiger partial charge on any atom is -0.462 e. The van der Waals surface area contributed by atoms with Crippen LogP contribution >= 0.6 is 11.3 Å². The van der Waals surface area contributed by atoms with E-state index in [0.717, 1.165) is 11.3 Å². The Morgan fingerprint density at radius 1 is 1.57 bits per heavy atom. The first-order valence-electron chi connectivity index (χ1n) is 6.58. The molecular formula is C15H13N3O4S. The minimum atomic E-state index is -0.605. The number of hydrogen-bond acceptors (Lipinski definition) is 7. The molecule has 0 aliphatic carbocycles. The molecule has 0 radical (unpaired) electrons. The molecule has 8 heteroatoms. The number of terminal acetylenes is 1. The molecule has 23 heavy (non-hydrogen) atoms. The molecule has 1 aromatic heterocycles. The number of carbonyl (C=O) groups is 1. The highest BCUT2D eigenvalue weighted by molar-refractivity contribution is 7.17. The predicted octanol–water partition coefficient (Wildman–Crippen LogP) is 2.77. The first-order chi connectivity index (χ1) is 10.9. The summed E-state index contributed by atoms with van der Waals surface area (Å²) >= 11 is 1.09. The highest BCUT2D eigenvalue weighted by Gasteiger charge is 2.21. The number of nitrogen functional groups attached to an aromatic ring is 1. The summed E-state index contributed by atoms with van der Waals surface area (Å²) in [6.07, 6.45) is 5.35. The van der Waals surface area contributed by atoms with Crippen molar-refractivity contribution in [1.29, 1.82) is 0 Å². The molecule has 2 N–H and O–H groups in total. The topological polar surface area (TPSA) is 108 Å². The van der Waals surface area contributed by atoms with E-state index in [-0.39, 0.29) is 23.5 Å².